The van der Waals surface area contributed by atoms with E-state index < -0.39 is 17.6 Å². The van der Waals surface area contributed by atoms with E-state index in [0.29, 0.717) is 38.9 Å². The molecule has 3 heterocycles. The van der Waals surface area contributed by atoms with Crippen molar-refractivity contribution >= 4 is 17.8 Å². The van der Waals surface area contributed by atoms with Gasteiger partial charge in [-0.1, -0.05) is 0 Å². The Hall–Kier alpha value is -2.38. The number of nitrogens with zero attached hydrogens (tertiary/aromatic N) is 4. The Kier molecular flexibility index (Phi) is 4.29. The molecular formula is C16H22N4O4. The van der Waals surface area contributed by atoms with Gasteiger partial charge < -0.3 is 19.5 Å². The molecule has 0 aromatic carbocycles. The second-order valence-electron chi connectivity index (χ2n) is 6.50. The smallest absolute Gasteiger partial charge is 0.330 e. The van der Waals surface area contributed by atoms with Crippen LogP contribution in [0.3, 0.4) is 0 Å². The Morgan fingerprint density at radius 1 is 1.29 bits per heavy atom. The summed E-state index contributed by atoms with van der Waals surface area (Å²) in [6, 6.07) is -0.481. The van der Waals surface area contributed by atoms with E-state index in [9.17, 15) is 19.5 Å². The Morgan fingerprint density at radius 3 is 2.50 bits per heavy atom. The summed E-state index contributed by atoms with van der Waals surface area (Å²) < 4.78 is 1.62. The molecule has 2 aliphatic heterocycles. The number of amides is 2. The van der Waals surface area contributed by atoms with Crippen molar-refractivity contribution in [2.45, 2.75) is 44.2 Å². The van der Waals surface area contributed by atoms with Gasteiger partial charge in [0.1, 0.15) is 11.6 Å². The molecule has 0 bridgehead atoms. The van der Waals surface area contributed by atoms with Crippen LogP contribution in [0.4, 0.5) is 0 Å². The first-order valence-corrected chi connectivity index (χ1v) is 8.26. The van der Waals surface area contributed by atoms with Gasteiger partial charge in [0, 0.05) is 38.4 Å². The van der Waals surface area contributed by atoms with Crippen LogP contribution in [-0.2, 0) is 19.9 Å². The lowest BCUT2D eigenvalue weighted by Gasteiger charge is -2.41. The first-order valence-electron chi connectivity index (χ1n) is 8.26. The Labute approximate surface area is 140 Å². The molecule has 8 heteroatoms. The summed E-state index contributed by atoms with van der Waals surface area (Å²) >= 11 is 0. The van der Waals surface area contributed by atoms with Gasteiger partial charge in [-0.05, 0) is 26.2 Å². The summed E-state index contributed by atoms with van der Waals surface area (Å²) in [6.45, 7) is 3.08. The van der Waals surface area contributed by atoms with Crippen molar-refractivity contribution in [1.82, 2.24) is 19.4 Å². The predicted molar refractivity (Wildman–Crippen MR) is 84.1 cm³/mol. The Balaban J connectivity index is 1.69. The average molecular weight is 334 g/mol. The van der Waals surface area contributed by atoms with Crippen molar-refractivity contribution in [3.8, 4) is 0 Å². The van der Waals surface area contributed by atoms with E-state index in [1.54, 1.807) is 33.7 Å². The van der Waals surface area contributed by atoms with E-state index in [-0.39, 0.29) is 11.8 Å². The zero-order valence-electron chi connectivity index (χ0n) is 13.7. The Morgan fingerprint density at radius 2 is 2.00 bits per heavy atom. The van der Waals surface area contributed by atoms with Crippen molar-refractivity contribution in [2.24, 2.45) is 0 Å². The van der Waals surface area contributed by atoms with E-state index in [1.807, 2.05) is 0 Å². The predicted octanol–water partition coefficient (Wildman–Crippen LogP) is 0.296. The fourth-order valence-corrected chi connectivity index (χ4v) is 3.67. The number of carboxylic acid groups (broad SMARTS) is 1. The minimum Gasteiger partial charge on any atom is -0.479 e. The number of likely N-dealkylation sites (tertiary alicyclic amines) is 2. The first kappa shape index (κ1) is 16.5. The van der Waals surface area contributed by atoms with Crippen LogP contribution < -0.4 is 0 Å². The molecule has 0 saturated carbocycles. The van der Waals surface area contributed by atoms with Crippen LogP contribution in [-0.4, -0.2) is 67.9 Å². The van der Waals surface area contributed by atoms with Crippen LogP contribution in [0, 0.1) is 0 Å². The van der Waals surface area contributed by atoms with Crippen molar-refractivity contribution in [1.29, 1.82) is 0 Å². The molecule has 24 heavy (non-hydrogen) atoms. The van der Waals surface area contributed by atoms with Gasteiger partial charge in [0.05, 0.1) is 6.33 Å². The number of carbonyl (C=O) groups excluding carboxylic acids is 2. The standard InChI is InChI=1S/C16H22N4O4/c1-12(20-7-2-3-13(20)21)14(22)18-8-4-16(5-9-18,15(23)24)19-10-6-17-11-19/h6,10-12H,2-5,7-9H2,1H3,(H,23,24)/t12-/m1/s1. The van der Waals surface area contributed by atoms with Gasteiger partial charge in [0.15, 0.2) is 0 Å². The number of piperidine rings is 1. The van der Waals surface area contributed by atoms with Gasteiger partial charge in [-0.25, -0.2) is 9.78 Å². The van der Waals surface area contributed by atoms with E-state index in [2.05, 4.69) is 4.98 Å². The van der Waals surface area contributed by atoms with Crippen LogP contribution in [0.5, 0.6) is 0 Å². The zero-order chi connectivity index (χ0) is 17.3. The third-order valence-corrected chi connectivity index (χ3v) is 5.23. The van der Waals surface area contributed by atoms with E-state index in [4.69, 9.17) is 0 Å². The average Bonchev–Trinajstić information content (AvgIpc) is 3.25. The number of imidazole rings is 1. The number of aromatic nitrogens is 2. The molecule has 2 amide bonds. The molecule has 2 fully saturated rings. The molecule has 8 nitrogen and oxygen atoms in total. The van der Waals surface area contributed by atoms with Gasteiger partial charge in [-0.2, -0.15) is 0 Å². The molecule has 1 atom stereocenters. The van der Waals surface area contributed by atoms with E-state index >= 15 is 0 Å². The Bertz CT molecular complexity index is 635. The number of aliphatic carboxylic acids is 1. The summed E-state index contributed by atoms with van der Waals surface area (Å²) in [5.41, 5.74) is -1.06. The largest absolute Gasteiger partial charge is 0.479 e. The van der Waals surface area contributed by atoms with E-state index in [1.165, 1.54) is 6.33 Å². The summed E-state index contributed by atoms with van der Waals surface area (Å²) in [7, 11) is 0. The highest BCUT2D eigenvalue weighted by Crippen LogP contribution is 2.31. The molecule has 0 unspecified atom stereocenters. The van der Waals surface area contributed by atoms with E-state index in [0.717, 1.165) is 6.42 Å². The summed E-state index contributed by atoms with van der Waals surface area (Å²) in [5.74, 6) is -0.989. The van der Waals surface area contributed by atoms with Crippen molar-refractivity contribution in [3.63, 3.8) is 0 Å². The van der Waals surface area contributed by atoms with Gasteiger partial charge in [0.25, 0.3) is 0 Å². The molecule has 1 aromatic rings. The van der Waals surface area contributed by atoms with Crippen molar-refractivity contribution < 1.29 is 19.5 Å². The minimum atomic E-state index is -1.06. The maximum absolute atomic E-state index is 12.7. The van der Waals surface area contributed by atoms with Gasteiger partial charge in [0.2, 0.25) is 11.8 Å². The van der Waals surface area contributed by atoms with Crippen LogP contribution in [0.2, 0.25) is 0 Å². The fraction of sp³-hybridized carbons (Fsp3) is 0.625. The second kappa shape index (κ2) is 6.26. The van der Waals surface area contributed by atoms with Crippen LogP contribution in [0.25, 0.3) is 0 Å². The summed E-state index contributed by atoms with van der Waals surface area (Å²) in [4.78, 5) is 43.6. The van der Waals surface area contributed by atoms with Crippen molar-refractivity contribution in [2.75, 3.05) is 19.6 Å². The molecule has 0 radical (unpaired) electrons. The highest BCUT2D eigenvalue weighted by molar-refractivity contribution is 5.88. The molecule has 0 spiro atoms. The molecule has 0 aliphatic carbocycles. The van der Waals surface area contributed by atoms with Crippen LogP contribution in [0.1, 0.15) is 32.6 Å². The number of carboxylic acids is 1. The van der Waals surface area contributed by atoms with Gasteiger partial charge in [-0.15, -0.1) is 0 Å². The molecule has 2 aliphatic rings. The second-order valence-corrected chi connectivity index (χ2v) is 6.50. The summed E-state index contributed by atoms with van der Waals surface area (Å²) in [6.07, 6.45) is 6.66. The monoisotopic (exact) mass is 334 g/mol. The number of hydrogen-bond donors (Lipinski definition) is 1. The lowest BCUT2D eigenvalue weighted by molar-refractivity contribution is -0.154. The van der Waals surface area contributed by atoms with Gasteiger partial charge >= 0.3 is 5.97 Å². The zero-order valence-corrected chi connectivity index (χ0v) is 13.7. The highest BCUT2D eigenvalue weighted by Gasteiger charge is 2.45. The lowest BCUT2D eigenvalue weighted by Crippen LogP contribution is -2.55. The third-order valence-electron chi connectivity index (χ3n) is 5.23. The molecular weight excluding hydrogens is 312 g/mol. The number of carbonyl (C=O) groups is 3. The molecule has 130 valence electrons. The highest BCUT2D eigenvalue weighted by atomic mass is 16.4. The van der Waals surface area contributed by atoms with Gasteiger partial charge in [-0.3, -0.25) is 9.59 Å². The normalized spacial score (nSPS) is 21.8. The maximum Gasteiger partial charge on any atom is 0.330 e. The third kappa shape index (κ3) is 2.65. The topological polar surface area (TPSA) is 95.7 Å². The molecule has 2 saturated heterocycles. The number of rotatable bonds is 4. The first-order chi connectivity index (χ1) is 11.5. The lowest BCUT2D eigenvalue weighted by atomic mass is 9.87. The molecule has 3 rings (SSSR count). The minimum absolute atomic E-state index is 0.0196. The summed E-state index contributed by atoms with van der Waals surface area (Å²) in [5, 5.41) is 9.70. The van der Waals surface area contributed by atoms with Crippen LogP contribution in [0.15, 0.2) is 18.7 Å². The number of hydrogen-bond acceptors (Lipinski definition) is 4. The van der Waals surface area contributed by atoms with Crippen molar-refractivity contribution in [3.05, 3.63) is 18.7 Å². The molecule has 1 aromatic heterocycles. The maximum atomic E-state index is 12.7. The fourth-order valence-electron chi connectivity index (χ4n) is 3.67. The molecule has 1 N–H and O–H groups in total. The quantitative estimate of drug-likeness (QED) is 0.854. The SMILES string of the molecule is C[C@H](C(=O)N1CCC(C(=O)O)(n2ccnc2)CC1)N1CCCC1=O. The van der Waals surface area contributed by atoms with Crippen LogP contribution >= 0.6 is 0 Å².